The maximum Gasteiger partial charge on any atom is 0.336 e. The Morgan fingerprint density at radius 3 is 2.52 bits per heavy atom. The molecule has 1 N–H and O–H groups in total. The lowest BCUT2D eigenvalue weighted by Crippen LogP contribution is -2.34. The summed E-state index contributed by atoms with van der Waals surface area (Å²) in [6, 6.07) is 16.9. The normalized spacial score (nSPS) is 17.0. The lowest BCUT2D eigenvalue weighted by Gasteiger charge is -2.26. The largest absolute Gasteiger partial charge is 0.466 e. The number of carbonyl (C=O) groups excluding carboxylic acids is 2. The highest BCUT2D eigenvalue weighted by Crippen LogP contribution is 2.35. The number of rotatable bonds is 4. The molecule has 0 aromatic heterocycles. The van der Waals surface area contributed by atoms with Crippen LogP contribution in [0.15, 0.2) is 65.9 Å². The van der Waals surface area contributed by atoms with Gasteiger partial charge in [-0.05, 0) is 36.8 Å². The number of benzene rings is 2. The van der Waals surface area contributed by atoms with Crippen molar-refractivity contribution in [3.8, 4) is 11.5 Å². The number of carbonyl (C=O) groups is 2. The molecule has 2 aromatic rings. The second kappa shape index (κ2) is 7.21. The number of esters is 1. The highest BCUT2D eigenvalue weighted by molar-refractivity contribution is 5.95. The number of hydrogen-bond acceptors (Lipinski definition) is 4. The highest BCUT2D eigenvalue weighted by atomic mass is 16.5. The minimum absolute atomic E-state index is 0.121. The van der Waals surface area contributed by atoms with E-state index in [0.29, 0.717) is 17.0 Å². The molecule has 1 atom stereocenters. The van der Waals surface area contributed by atoms with Crippen molar-refractivity contribution in [2.45, 2.75) is 19.3 Å². The van der Waals surface area contributed by atoms with Crippen LogP contribution in [0.4, 0.5) is 0 Å². The smallest absolute Gasteiger partial charge is 0.336 e. The third-order valence-electron chi connectivity index (χ3n) is 4.11. The molecule has 0 unspecified atom stereocenters. The zero-order valence-electron chi connectivity index (χ0n) is 14.1. The summed E-state index contributed by atoms with van der Waals surface area (Å²) in [5, 5.41) is 2.71. The van der Waals surface area contributed by atoms with Crippen LogP contribution in [0, 0.1) is 0 Å². The molecular formula is C20H19NO4. The molecule has 25 heavy (non-hydrogen) atoms. The quantitative estimate of drug-likeness (QED) is 0.867. The Morgan fingerprint density at radius 1 is 1.08 bits per heavy atom. The summed E-state index contributed by atoms with van der Waals surface area (Å²) in [5.74, 6) is 0.458. The average molecular weight is 337 g/mol. The van der Waals surface area contributed by atoms with Crippen LogP contribution in [-0.2, 0) is 14.3 Å². The van der Waals surface area contributed by atoms with Crippen molar-refractivity contribution < 1.29 is 19.1 Å². The van der Waals surface area contributed by atoms with Crippen molar-refractivity contribution in [1.82, 2.24) is 5.32 Å². The summed E-state index contributed by atoms with van der Waals surface area (Å²) < 4.78 is 10.7. The summed E-state index contributed by atoms with van der Waals surface area (Å²) in [6.07, 6.45) is 0.191. The standard InChI is InChI=1S/C20H19NO4/c1-13-19(20(23)24-2)17(12-18(22)21-13)14-7-6-10-16(11-14)25-15-8-4-3-5-9-15/h3-11,17H,12H2,1-2H3,(H,21,22)/t17-/m1/s1. The van der Waals surface area contributed by atoms with E-state index in [1.54, 1.807) is 6.92 Å². The van der Waals surface area contributed by atoms with Crippen molar-refractivity contribution >= 4 is 11.9 Å². The van der Waals surface area contributed by atoms with Crippen LogP contribution < -0.4 is 10.1 Å². The van der Waals surface area contributed by atoms with E-state index in [-0.39, 0.29) is 18.2 Å². The molecule has 0 bridgehead atoms. The number of ether oxygens (including phenoxy) is 2. The third-order valence-corrected chi connectivity index (χ3v) is 4.11. The fourth-order valence-electron chi connectivity index (χ4n) is 2.99. The molecule has 1 aliphatic rings. The molecule has 128 valence electrons. The van der Waals surface area contributed by atoms with Crippen LogP contribution in [-0.4, -0.2) is 19.0 Å². The molecular weight excluding hydrogens is 318 g/mol. The van der Waals surface area contributed by atoms with Crippen molar-refractivity contribution in [3.63, 3.8) is 0 Å². The van der Waals surface area contributed by atoms with Crippen LogP contribution >= 0.6 is 0 Å². The van der Waals surface area contributed by atoms with E-state index in [1.807, 2.05) is 54.6 Å². The van der Waals surface area contributed by atoms with Crippen LogP contribution in [0.2, 0.25) is 0 Å². The molecule has 0 aliphatic carbocycles. The summed E-state index contributed by atoms with van der Waals surface area (Å²) in [7, 11) is 1.34. The summed E-state index contributed by atoms with van der Waals surface area (Å²) in [6.45, 7) is 1.71. The summed E-state index contributed by atoms with van der Waals surface area (Å²) >= 11 is 0. The first kappa shape index (κ1) is 16.8. The van der Waals surface area contributed by atoms with Crippen LogP contribution in [0.3, 0.4) is 0 Å². The van der Waals surface area contributed by atoms with Gasteiger partial charge in [0.25, 0.3) is 0 Å². The van der Waals surface area contributed by atoms with E-state index in [1.165, 1.54) is 7.11 Å². The molecule has 5 nitrogen and oxygen atoms in total. The van der Waals surface area contributed by atoms with Gasteiger partial charge < -0.3 is 14.8 Å². The molecule has 0 saturated carbocycles. The van der Waals surface area contributed by atoms with Gasteiger partial charge in [0.15, 0.2) is 0 Å². The average Bonchev–Trinajstić information content (AvgIpc) is 2.61. The molecule has 0 fully saturated rings. The van der Waals surface area contributed by atoms with Gasteiger partial charge in [-0.2, -0.15) is 0 Å². The predicted molar refractivity (Wildman–Crippen MR) is 93.2 cm³/mol. The molecule has 0 saturated heterocycles. The van der Waals surface area contributed by atoms with Crippen LogP contribution in [0.25, 0.3) is 0 Å². The van der Waals surface area contributed by atoms with Gasteiger partial charge in [-0.3, -0.25) is 4.79 Å². The van der Waals surface area contributed by atoms with E-state index in [2.05, 4.69) is 5.32 Å². The lowest BCUT2D eigenvalue weighted by molar-refractivity contribution is -0.136. The first-order valence-corrected chi connectivity index (χ1v) is 8.00. The Bertz CT molecular complexity index is 827. The molecule has 5 heteroatoms. The van der Waals surface area contributed by atoms with Gasteiger partial charge in [0, 0.05) is 18.0 Å². The molecule has 1 heterocycles. The summed E-state index contributed by atoms with van der Waals surface area (Å²) in [5.41, 5.74) is 1.84. The summed E-state index contributed by atoms with van der Waals surface area (Å²) in [4.78, 5) is 24.1. The molecule has 1 aliphatic heterocycles. The Hall–Kier alpha value is -3.08. The van der Waals surface area contributed by atoms with Crippen LogP contribution in [0.5, 0.6) is 11.5 Å². The van der Waals surface area contributed by atoms with E-state index < -0.39 is 5.97 Å². The number of nitrogens with one attached hydrogen (secondary N) is 1. The highest BCUT2D eigenvalue weighted by Gasteiger charge is 2.32. The molecule has 3 rings (SSSR count). The maximum absolute atomic E-state index is 12.2. The van der Waals surface area contributed by atoms with Gasteiger partial charge in [-0.15, -0.1) is 0 Å². The Labute approximate surface area is 146 Å². The number of allylic oxidation sites excluding steroid dienone is 1. The van der Waals surface area contributed by atoms with Gasteiger partial charge in [-0.25, -0.2) is 4.79 Å². The third kappa shape index (κ3) is 3.71. The topological polar surface area (TPSA) is 64.6 Å². The molecule has 0 radical (unpaired) electrons. The van der Waals surface area contributed by atoms with Crippen molar-refractivity contribution in [2.24, 2.45) is 0 Å². The van der Waals surface area contributed by atoms with Gasteiger partial charge in [0.05, 0.1) is 12.7 Å². The first-order valence-electron chi connectivity index (χ1n) is 8.00. The van der Waals surface area contributed by atoms with Gasteiger partial charge >= 0.3 is 5.97 Å². The van der Waals surface area contributed by atoms with E-state index in [0.717, 1.165) is 11.3 Å². The van der Waals surface area contributed by atoms with Gasteiger partial charge in [0.2, 0.25) is 5.91 Å². The molecule has 1 amide bonds. The van der Waals surface area contributed by atoms with Gasteiger partial charge in [-0.1, -0.05) is 30.3 Å². The Kier molecular flexibility index (Phi) is 4.84. The van der Waals surface area contributed by atoms with E-state index in [4.69, 9.17) is 9.47 Å². The maximum atomic E-state index is 12.2. The first-order chi connectivity index (χ1) is 12.1. The lowest BCUT2D eigenvalue weighted by atomic mass is 9.84. The van der Waals surface area contributed by atoms with E-state index >= 15 is 0 Å². The van der Waals surface area contributed by atoms with Crippen molar-refractivity contribution in [2.75, 3.05) is 7.11 Å². The predicted octanol–water partition coefficient (Wildman–Crippen LogP) is 3.53. The van der Waals surface area contributed by atoms with Crippen molar-refractivity contribution in [3.05, 3.63) is 71.4 Å². The Balaban J connectivity index is 1.94. The Morgan fingerprint density at radius 2 is 1.80 bits per heavy atom. The van der Waals surface area contributed by atoms with Gasteiger partial charge in [0.1, 0.15) is 11.5 Å². The number of methoxy groups -OCH3 is 1. The fraction of sp³-hybridized carbons (Fsp3) is 0.200. The molecule has 0 spiro atoms. The second-order valence-electron chi connectivity index (χ2n) is 5.82. The number of hydrogen-bond donors (Lipinski definition) is 1. The van der Waals surface area contributed by atoms with E-state index in [9.17, 15) is 9.59 Å². The minimum atomic E-state index is -0.433. The fourth-order valence-corrected chi connectivity index (χ4v) is 2.99. The van der Waals surface area contributed by atoms with Crippen LogP contribution in [0.1, 0.15) is 24.8 Å². The minimum Gasteiger partial charge on any atom is -0.466 e. The zero-order valence-corrected chi connectivity index (χ0v) is 14.1. The number of amides is 1. The molecule has 2 aromatic carbocycles. The SMILES string of the molecule is COC(=O)C1=C(C)NC(=O)C[C@@H]1c1cccc(Oc2ccccc2)c1. The monoisotopic (exact) mass is 337 g/mol. The number of para-hydroxylation sites is 1. The second-order valence-corrected chi connectivity index (χ2v) is 5.82. The van der Waals surface area contributed by atoms with Crippen molar-refractivity contribution in [1.29, 1.82) is 0 Å². The zero-order chi connectivity index (χ0) is 17.8.